The fourth-order valence-corrected chi connectivity index (χ4v) is 3.98. The number of rotatable bonds is 7. The first-order valence-corrected chi connectivity index (χ1v) is 10.2. The molecule has 3 rings (SSSR count). The van der Waals surface area contributed by atoms with Crippen LogP contribution in [-0.2, 0) is 9.59 Å². The van der Waals surface area contributed by atoms with Crippen LogP contribution in [0.2, 0.25) is 5.02 Å². The first-order chi connectivity index (χ1) is 15.7. The zero-order valence-electron chi connectivity index (χ0n) is 18.0. The van der Waals surface area contributed by atoms with E-state index >= 15 is 0 Å². The van der Waals surface area contributed by atoms with E-state index in [2.05, 4.69) is 0 Å². The predicted molar refractivity (Wildman–Crippen MR) is 119 cm³/mol. The zero-order chi connectivity index (χ0) is 24.4. The Balaban J connectivity index is 2.31. The number of likely N-dealkylation sites (tertiary alicyclic amines) is 1. The number of nitro groups is 1. The lowest BCUT2D eigenvalue weighted by Crippen LogP contribution is -2.30. The highest BCUT2D eigenvalue weighted by atomic mass is 35.5. The second-order valence-electron chi connectivity index (χ2n) is 7.18. The minimum absolute atomic E-state index is 0.0477. The van der Waals surface area contributed by atoms with E-state index in [0.29, 0.717) is 6.42 Å². The Morgan fingerprint density at radius 2 is 1.85 bits per heavy atom. The summed E-state index contributed by atoms with van der Waals surface area (Å²) >= 11 is 6.13. The lowest BCUT2D eigenvalue weighted by Gasteiger charge is -2.25. The maximum atomic E-state index is 13.0. The Bertz CT molecular complexity index is 1180. The van der Waals surface area contributed by atoms with Crippen LogP contribution in [0.15, 0.2) is 35.9 Å². The van der Waals surface area contributed by atoms with Crippen LogP contribution in [-0.4, -0.2) is 52.5 Å². The summed E-state index contributed by atoms with van der Waals surface area (Å²) in [7, 11) is 2.71. The van der Waals surface area contributed by atoms with E-state index in [1.54, 1.807) is 6.92 Å². The number of nitrogens with zero attached hydrogens (tertiary/aromatic N) is 2. The van der Waals surface area contributed by atoms with Gasteiger partial charge in [0, 0.05) is 18.7 Å². The molecule has 2 aromatic carbocycles. The van der Waals surface area contributed by atoms with Crippen molar-refractivity contribution in [3.8, 4) is 17.2 Å². The van der Waals surface area contributed by atoms with Gasteiger partial charge in [-0.15, -0.1) is 0 Å². The van der Waals surface area contributed by atoms with Crippen LogP contribution in [0.5, 0.6) is 17.2 Å². The molecule has 1 saturated heterocycles. The molecule has 1 aliphatic rings. The third kappa shape index (κ3) is 4.17. The summed E-state index contributed by atoms with van der Waals surface area (Å²) in [6.45, 7) is 1.95. The molecule has 0 bridgehead atoms. The van der Waals surface area contributed by atoms with E-state index in [-0.39, 0.29) is 39.8 Å². The normalized spacial score (nSPS) is 17.3. The molecule has 2 aromatic rings. The molecule has 1 aliphatic heterocycles. The molecular weight excluding hydrogens is 456 g/mol. The highest BCUT2D eigenvalue weighted by molar-refractivity contribution is 6.46. The Kier molecular flexibility index (Phi) is 6.78. The number of ketones is 1. The quantitative estimate of drug-likeness (QED) is 0.202. The molecular formula is C22H21ClN2O8. The number of Topliss-reactive ketones (excluding diaryl/α,β-unsaturated/α-hetero) is 1. The molecule has 1 heterocycles. The Labute approximate surface area is 193 Å². The number of aliphatic hydroxyl groups excluding tert-OH is 1. The first-order valence-electron chi connectivity index (χ1n) is 9.83. The van der Waals surface area contributed by atoms with Gasteiger partial charge in [-0.3, -0.25) is 19.7 Å². The summed E-state index contributed by atoms with van der Waals surface area (Å²) in [5.74, 6) is -2.63. The number of nitro benzene ring substituents is 1. The molecule has 0 spiro atoms. The van der Waals surface area contributed by atoms with Crippen molar-refractivity contribution in [3.05, 3.63) is 62.2 Å². The average molecular weight is 477 g/mol. The molecule has 0 radical (unpaired) electrons. The van der Waals surface area contributed by atoms with Crippen LogP contribution in [0.1, 0.15) is 30.5 Å². The Morgan fingerprint density at radius 3 is 2.42 bits per heavy atom. The Morgan fingerprint density at radius 1 is 1.18 bits per heavy atom. The summed E-state index contributed by atoms with van der Waals surface area (Å²) in [5.41, 5.74) is -0.656. The van der Waals surface area contributed by atoms with E-state index in [1.807, 2.05) is 0 Å². The van der Waals surface area contributed by atoms with Crippen molar-refractivity contribution in [2.24, 2.45) is 0 Å². The third-order valence-corrected chi connectivity index (χ3v) is 5.54. The van der Waals surface area contributed by atoms with Crippen LogP contribution in [0.25, 0.3) is 5.76 Å². The fourth-order valence-electron chi connectivity index (χ4n) is 3.75. The van der Waals surface area contributed by atoms with Gasteiger partial charge >= 0.3 is 5.69 Å². The monoisotopic (exact) mass is 476 g/mol. The number of amides is 1. The topological polar surface area (TPSA) is 139 Å². The molecule has 2 N–H and O–H groups in total. The van der Waals surface area contributed by atoms with Crippen molar-refractivity contribution in [1.29, 1.82) is 0 Å². The molecule has 174 valence electrons. The summed E-state index contributed by atoms with van der Waals surface area (Å²) in [6, 6.07) is 5.15. The van der Waals surface area contributed by atoms with Gasteiger partial charge < -0.3 is 24.6 Å². The number of phenols is 1. The van der Waals surface area contributed by atoms with Gasteiger partial charge in [0.2, 0.25) is 0 Å². The van der Waals surface area contributed by atoms with Crippen LogP contribution in [0.3, 0.4) is 0 Å². The maximum absolute atomic E-state index is 13.0. The molecule has 1 unspecified atom stereocenters. The molecule has 1 fully saturated rings. The van der Waals surface area contributed by atoms with Crippen LogP contribution >= 0.6 is 11.6 Å². The van der Waals surface area contributed by atoms with Gasteiger partial charge in [0.15, 0.2) is 5.75 Å². The van der Waals surface area contributed by atoms with Crippen molar-refractivity contribution < 1.29 is 34.2 Å². The van der Waals surface area contributed by atoms with Gasteiger partial charge in [-0.25, -0.2) is 0 Å². The van der Waals surface area contributed by atoms with E-state index in [9.17, 15) is 29.9 Å². The lowest BCUT2D eigenvalue weighted by molar-refractivity contribution is -0.385. The summed E-state index contributed by atoms with van der Waals surface area (Å²) < 4.78 is 10.5. The second kappa shape index (κ2) is 9.37. The van der Waals surface area contributed by atoms with Gasteiger partial charge in [0.1, 0.15) is 17.3 Å². The number of hydrogen-bond donors (Lipinski definition) is 2. The van der Waals surface area contributed by atoms with Gasteiger partial charge in [-0.05, 0) is 24.1 Å². The number of hydrogen-bond acceptors (Lipinski definition) is 8. The van der Waals surface area contributed by atoms with Crippen molar-refractivity contribution in [2.45, 2.75) is 19.4 Å². The van der Waals surface area contributed by atoms with Gasteiger partial charge in [-0.2, -0.15) is 0 Å². The Hall–Kier alpha value is -3.79. The minimum atomic E-state index is -1.13. The molecule has 1 atom stereocenters. The number of methoxy groups -OCH3 is 2. The first kappa shape index (κ1) is 23.9. The number of benzene rings is 2. The molecule has 0 aliphatic carbocycles. The van der Waals surface area contributed by atoms with E-state index in [0.717, 1.165) is 12.1 Å². The molecule has 0 saturated carbocycles. The number of aromatic hydroxyl groups is 1. The van der Waals surface area contributed by atoms with Gasteiger partial charge in [0.25, 0.3) is 11.7 Å². The van der Waals surface area contributed by atoms with Crippen molar-refractivity contribution in [2.75, 3.05) is 20.8 Å². The number of carbonyl (C=O) groups is 2. The van der Waals surface area contributed by atoms with Crippen LogP contribution < -0.4 is 9.47 Å². The number of aliphatic hydroxyl groups is 1. The maximum Gasteiger partial charge on any atom is 0.311 e. The summed E-state index contributed by atoms with van der Waals surface area (Å²) in [5, 5.41) is 32.6. The van der Waals surface area contributed by atoms with Gasteiger partial charge in [-0.1, -0.05) is 24.6 Å². The smallest absolute Gasteiger partial charge is 0.311 e. The highest BCUT2D eigenvalue weighted by Gasteiger charge is 2.46. The van der Waals surface area contributed by atoms with Crippen LogP contribution in [0.4, 0.5) is 5.69 Å². The lowest BCUT2D eigenvalue weighted by atomic mass is 9.94. The zero-order valence-corrected chi connectivity index (χ0v) is 18.8. The second-order valence-corrected chi connectivity index (χ2v) is 7.59. The van der Waals surface area contributed by atoms with Crippen molar-refractivity contribution in [1.82, 2.24) is 4.90 Å². The summed E-state index contributed by atoms with van der Waals surface area (Å²) in [6.07, 6.45) is 0.488. The molecule has 10 nitrogen and oxygen atoms in total. The molecule has 0 aromatic heterocycles. The van der Waals surface area contributed by atoms with E-state index < -0.39 is 39.9 Å². The van der Waals surface area contributed by atoms with Crippen molar-refractivity contribution >= 4 is 34.7 Å². The number of carbonyl (C=O) groups excluding carboxylic acids is 2. The predicted octanol–water partition coefficient (Wildman–Crippen LogP) is 3.80. The molecule has 11 heteroatoms. The highest BCUT2D eigenvalue weighted by Crippen LogP contribution is 2.44. The fraction of sp³-hybridized carbons (Fsp3) is 0.273. The number of ether oxygens (including phenoxy) is 2. The standard InChI is InChI=1S/C22H21ClN2O8/c1-4-7-24-19(11-5-6-15(26)14(8-11)25(30)31)18(21(28)22(24)29)20(27)12-9-17(33-3)13(23)10-16(12)32-2/h5-6,8-10,19,26-27H,4,7H2,1-3H3/b20-18+. The van der Waals surface area contributed by atoms with Crippen molar-refractivity contribution in [3.63, 3.8) is 0 Å². The third-order valence-electron chi connectivity index (χ3n) is 5.25. The number of halogens is 1. The van der Waals surface area contributed by atoms with E-state index in [1.165, 1.54) is 37.3 Å². The molecule has 33 heavy (non-hydrogen) atoms. The molecule has 1 amide bonds. The minimum Gasteiger partial charge on any atom is -0.507 e. The van der Waals surface area contributed by atoms with Gasteiger partial charge in [0.05, 0.1) is 41.3 Å². The summed E-state index contributed by atoms with van der Waals surface area (Å²) in [4.78, 5) is 37.6. The van der Waals surface area contributed by atoms with E-state index in [4.69, 9.17) is 21.1 Å². The van der Waals surface area contributed by atoms with Crippen LogP contribution in [0, 0.1) is 10.1 Å². The SMILES string of the molecule is CCCN1C(=O)C(=O)/C(=C(/O)c2cc(OC)c(Cl)cc2OC)C1c1ccc(O)c([N+](=O)[O-])c1. The number of phenolic OH excluding ortho intramolecular Hbond substituents is 1. The average Bonchev–Trinajstić information content (AvgIpc) is 3.03. The largest absolute Gasteiger partial charge is 0.507 e.